The van der Waals surface area contributed by atoms with Crippen molar-refractivity contribution in [1.82, 2.24) is 0 Å². The molecule has 0 aromatic heterocycles. The van der Waals surface area contributed by atoms with Crippen molar-refractivity contribution in [3.8, 4) is 18.2 Å². The third-order valence-corrected chi connectivity index (χ3v) is 2.28. The van der Waals surface area contributed by atoms with Crippen molar-refractivity contribution in [2.75, 3.05) is 46.8 Å². The van der Waals surface area contributed by atoms with Crippen LogP contribution in [0.15, 0.2) is 12.2 Å². The molecule has 0 spiro atoms. The van der Waals surface area contributed by atoms with Crippen LogP contribution in [0.4, 0.5) is 0 Å². The van der Waals surface area contributed by atoms with Crippen molar-refractivity contribution in [2.45, 2.75) is 26.2 Å². The summed E-state index contributed by atoms with van der Waals surface area (Å²) < 4.78 is 17.6. The van der Waals surface area contributed by atoms with E-state index >= 15 is 0 Å². The van der Waals surface area contributed by atoms with Crippen LogP contribution < -0.4 is 51.4 Å². The Kier molecular flexibility index (Phi) is 44.2. The number of carbonyl (C=O) groups excluding carboxylic acids is 4. The first-order valence-corrected chi connectivity index (χ1v) is 9.25. The zero-order valence-corrected chi connectivity index (χ0v) is 23.1. The van der Waals surface area contributed by atoms with E-state index < -0.39 is 23.9 Å². The predicted octanol–water partition coefficient (Wildman–Crippen LogP) is -3.84. The van der Waals surface area contributed by atoms with Gasteiger partial charge in [-0.1, -0.05) is 6.58 Å². The van der Waals surface area contributed by atoms with E-state index in [4.69, 9.17) is 31.1 Å². The smallest absolute Gasteiger partial charge is 1.00 e. The van der Waals surface area contributed by atoms with Crippen LogP contribution in [-0.2, 0) is 38.1 Å². The maximum atomic E-state index is 10.8. The van der Waals surface area contributed by atoms with Gasteiger partial charge >= 0.3 is 75.3 Å². The molecule has 15 heteroatoms. The Morgan fingerprint density at radius 2 is 1.11 bits per heavy atom. The molecule has 0 amide bonds. The van der Waals surface area contributed by atoms with Crippen molar-refractivity contribution < 1.29 is 106 Å². The molecule has 0 aliphatic rings. The van der Waals surface area contributed by atoms with Gasteiger partial charge in [-0.05, 0) is 6.92 Å². The van der Waals surface area contributed by atoms with Gasteiger partial charge in [-0.15, -0.1) is 0 Å². The molecule has 0 radical (unpaired) electrons. The molecule has 192 valence electrons. The molecule has 0 saturated heterocycles. The number of methoxy groups -OCH3 is 1. The summed E-state index contributed by atoms with van der Waals surface area (Å²) in [6.07, 6.45) is -0.703. The largest absolute Gasteiger partial charge is 1.00 e. The van der Waals surface area contributed by atoms with Crippen molar-refractivity contribution in [2.24, 2.45) is 0 Å². The van der Waals surface area contributed by atoms with Crippen LogP contribution in [0.1, 0.15) is 27.6 Å². The van der Waals surface area contributed by atoms with Crippen molar-refractivity contribution in [3.05, 3.63) is 12.2 Å². The standard InChI is InChI=1S/C9H11NO4.C5H7NO3.C4H5NO2.C2H6O2.K.H/c1-7(2)9(12)14-6-5-13-8(11)3-4-10;6-2-1-5(8)9-4-3-7;1-7-4(6)2-3-5;3-1-2-4;;/h1,3,5-6H2,2H3;7H,1,3-4H2;2H2,1H3;3-4H,1-2H2;;/q;;;;+1;-1. The van der Waals surface area contributed by atoms with E-state index in [2.05, 4.69) is 25.5 Å². The number of carbonyl (C=O) groups is 4. The Morgan fingerprint density at radius 3 is 1.40 bits per heavy atom. The fourth-order valence-electron chi connectivity index (χ4n) is 0.940. The summed E-state index contributed by atoms with van der Waals surface area (Å²) in [6, 6.07) is 4.90. The van der Waals surface area contributed by atoms with E-state index in [1.807, 2.05) is 0 Å². The SMILES string of the molecule is C=C(C)C(=O)OCCOC(=O)CC#N.COC(=O)CC#N.N#CCC(=O)OCCO.OCCO.[H-].[K+]. The van der Waals surface area contributed by atoms with Crippen LogP contribution in [-0.4, -0.2) is 85.9 Å². The van der Waals surface area contributed by atoms with Gasteiger partial charge in [0.15, 0.2) is 0 Å². The van der Waals surface area contributed by atoms with Gasteiger partial charge in [0.25, 0.3) is 0 Å². The summed E-state index contributed by atoms with van der Waals surface area (Å²) in [4.78, 5) is 41.6. The number of ether oxygens (including phenoxy) is 4. The first-order chi connectivity index (χ1) is 16.1. The molecule has 0 heterocycles. The molecule has 0 rings (SSSR count). The summed E-state index contributed by atoms with van der Waals surface area (Å²) in [5.41, 5.74) is 0.286. The van der Waals surface area contributed by atoms with Gasteiger partial charge < -0.3 is 35.7 Å². The molecule has 0 bridgehead atoms. The number of rotatable bonds is 10. The Balaban J connectivity index is -0.0000000891. The number of hydrogen-bond acceptors (Lipinski definition) is 14. The minimum Gasteiger partial charge on any atom is -1.00 e. The maximum Gasteiger partial charge on any atom is 1.00 e. The molecule has 0 unspecified atom stereocenters. The Bertz CT molecular complexity index is 730. The topological polar surface area (TPSA) is 237 Å². The Hall–Kier alpha value is -2.39. The molecule has 0 aromatic carbocycles. The van der Waals surface area contributed by atoms with Gasteiger partial charge in [-0.2, -0.15) is 15.8 Å². The number of aliphatic hydroxyl groups excluding tert-OH is 3. The number of nitrogens with zero attached hydrogens (tertiary/aromatic N) is 3. The molecule has 35 heavy (non-hydrogen) atoms. The number of hydrogen-bond donors (Lipinski definition) is 3. The van der Waals surface area contributed by atoms with Crippen LogP contribution in [0.2, 0.25) is 0 Å². The van der Waals surface area contributed by atoms with Gasteiger partial charge in [-0.3, -0.25) is 14.4 Å². The fourth-order valence-corrected chi connectivity index (χ4v) is 0.940. The van der Waals surface area contributed by atoms with Gasteiger partial charge in [0.1, 0.15) is 39.1 Å². The molecule has 0 aliphatic carbocycles. The Labute approximate surface area is 247 Å². The number of aliphatic hydroxyl groups is 3. The minimum absolute atomic E-state index is 0. The molecule has 0 aromatic rings. The third-order valence-electron chi connectivity index (χ3n) is 2.28. The van der Waals surface area contributed by atoms with Crippen molar-refractivity contribution >= 4 is 23.9 Å². The summed E-state index contributed by atoms with van der Waals surface area (Å²) in [7, 11) is 1.25. The van der Waals surface area contributed by atoms with E-state index in [-0.39, 0.29) is 117 Å². The van der Waals surface area contributed by atoms with E-state index in [0.717, 1.165) is 0 Å². The molecule has 0 fully saturated rings. The van der Waals surface area contributed by atoms with Crippen molar-refractivity contribution in [3.63, 3.8) is 0 Å². The third kappa shape index (κ3) is 45.8. The predicted molar refractivity (Wildman–Crippen MR) is 113 cm³/mol. The second kappa shape index (κ2) is 36.2. The molecule has 3 N–H and O–H groups in total. The summed E-state index contributed by atoms with van der Waals surface area (Å²) in [5.74, 6) is -2.23. The Morgan fingerprint density at radius 1 is 0.743 bits per heavy atom. The van der Waals surface area contributed by atoms with Crippen LogP contribution in [0.5, 0.6) is 0 Å². The quantitative estimate of drug-likeness (QED) is 0.0811. The van der Waals surface area contributed by atoms with Gasteiger partial charge in [0, 0.05) is 5.57 Å². The molecule has 0 atom stereocenters. The van der Waals surface area contributed by atoms with E-state index in [9.17, 15) is 19.2 Å². The zero-order valence-electron chi connectivity index (χ0n) is 21.0. The van der Waals surface area contributed by atoms with Crippen LogP contribution in [0.25, 0.3) is 0 Å². The zero-order chi connectivity index (χ0) is 27.2. The second-order valence-corrected chi connectivity index (χ2v) is 5.11. The van der Waals surface area contributed by atoms with E-state index in [1.54, 1.807) is 18.2 Å². The molecule has 14 nitrogen and oxygen atoms in total. The van der Waals surface area contributed by atoms with Crippen LogP contribution in [0, 0.1) is 34.0 Å². The molecule has 0 aliphatic heterocycles. The number of nitriles is 3. The second-order valence-electron chi connectivity index (χ2n) is 5.11. The first kappa shape index (κ1) is 42.7. The molecular weight excluding hydrogens is 497 g/mol. The fraction of sp³-hybridized carbons (Fsp3) is 0.550. The van der Waals surface area contributed by atoms with Crippen molar-refractivity contribution in [1.29, 1.82) is 15.8 Å². The molecular formula is C20H30KN3O11. The van der Waals surface area contributed by atoms with E-state index in [0.29, 0.717) is 0 Å². The molecule has 0 saturated carbocycles. The summed E-state index contributed by atoms with van der Waals surface area (Å²) >= 11 is 0. The average molecular weight is 528 g/mol. The monoisotopic (exact) mass is 527 g/mol. The number of esters is 4. The average Bonchev–Trinajstić information content (AvgIpc) is 2.81. The summed E-state index contributed by atoms with van der Waals surface area (Å²) in [5, 5.41) is 47.2. The van der Waals surface area contributed by atoms with E-state index in [1.165, 1.54) is 14.0 Å². The van der Waals surface area contributed by atoms with Gasteiger partial charge in [0.2, 0.25) is 0 Å². The van der Waals surface area contributed by atoms with Gasteiger partial charge in [0.05, 0.1) is 45.1 Å². The first-order valence-electron chi connectivity index (χ1n) is 9.25. The summed E-state index contributed by atoms with van der Waals surface area (Å²) in [6.45, 7) is 4.35. The van der Waals surface area contributed by atoms with Gasteiger partial charge in [-0.25, -0.2) is 4.79 Å². The van der Waals surface area contributed by atoms with Crippen LogP contribution in [0.3, 0.4) is 0 Å². The maximum absolute atomic E-state index is 10.8. The van der Waals surface area contributed by atoms with Crippen LogP contribution >= 0.6 is 0 Å². The minimum atomic E-state index is -0.626. The normalized spacial score (nSPS) is 7.71.